The van der Waals surface area contributed by atoms with Crippen molar-refractivity contribution < 1.29 is 13.2 Å². The van der Waals surface area contributed by atoms with Crippen LogP contribution in [0.5, 0.6) is 0 Å². The maximum atomic E-state index is 12.5. The van der Waals surface area contributed by atoms with Gasteiger partial charge in [-0.2, -0.15) is 4.31 Å². The molecule has 1 aliphatic rings. The number of benzene rings is 1. The largest absolute Gasteiger partial charge is 0.326 e. The Bertz CT molecular complexity index is 559. The van der Waals surface area contributed by atoms with E-state index in [1.165, 1.54) is 6.92 Å². The summed E-state index contributed by atoms with van der Waals surface area (Å²) < 4.78 is 26.6. The van der Waals surface area contributed by atoms with Gasteiger partial charge in [0, 0.05) is 25.7 Å². The fourth-order valence-corrected chi connectivity index (χ4v) is 3.86. The van der Waals surface area contributed by atoms with Crippen molar-refractivity contribution >= 4 is 21.6 Å². The van der Waals surface area contributed by atoms with Gasteiger partial charge in [-0.05, 0) is 37.1 Å². The van der Waals surface area contributed by atoms with Crippen LogP contribution in [0.2, 0.25) is 0 Å². The van der Waals surface area contributed by atoms with Gasteiger partial charge in [0.15, 0.2) is 0 Å². The van der Waals surface area contributed by atoms with Gasteiger partial charge in [-0.3, -0.25) is 4.79 Å². The average Bonchev–Trinajstić information content (AvgIpc) is 2.68. The van der Waals surface area contributed by atoms with Crippen molar-refractivity contribution in [3.8, 4) is 0 Å². The lowest BCUT2D eigenvalue weighted by Crippen LogP contribution is -2.31. The first-order valence-electron chi connectivity index (χ1n) is 6.88. The second kappa shape index (κ2) is 6.37. The van der Waals surface area contributed by atoms with Crippen molar-refractivity contribution in [3.63, 3.8) is 0 Å². The Morgan fingerprint density at radius 3 is 2.10 bits per heavy atom. The Morgan fingerprint density at radius 1 is 1.05 bits per heavy atom. The first kappa shape index (κ1) is 15.0. The Balaban J connectivity index is 2.18. The van der Waals surface area contributed by atoms with E-state index >= 15 is 0 Å². The third-order valence-electron chi connectivity index (χ3n) is 3.38. The molecule has 1 aliphatic heterocycles. The van der Waals surface area contributed by atoms with E-state index in [0.29, 0.717) is 18.8 Å². The lowest BCUT2D eigenvalue weighted by molar-refractivity contribution is -0.114. The molecule has 0 aliphatic carbocycles. The number of hydrogen-bond donors (Lipinski definition) is 1. The molecule has 2 rings (SSSR count). The molecule has 1 fully saturated rings. The zero-order valence-electron chi connectivity index (χ0n) is 11.6. The summed E-state index contributed by atoms with van der Waals surface area (Å²) in [6, 6.07) is 6.33. The minimum atomic E-state index is -3.41. The number of carbonyl (C=O) groups excluding carboxylic acids is 1. The maximum Gasteiger partial charge on any atom is 0.243 e. The molecule has 0 radical (unpaired) electrons. The Hall–Kier alpha value is -1.40. The quantitative estimate of drug-likeness (QED) is 0.930. The van der Waals surface area contributed by atoms with E-state index < -0.39 is 10.0 Å². The summed E-state index contributed by atoms with van der Waals surface area (Å²) >= 11 is 0. The van der Waals surface area contributed by atoms with E-state index in [1.807, 2.05) is 0 Å². The molecule has 1 heterocycles. The van der Waals surface area contributed by atoms with Crippen molar-refractivity contribution in [3.05, 3.63) is 24.3 Å². The predicted octanol–water partition coefficient (Wildman–Crippen LogP) is 2.21. The van der Waals surface area contributed by atoms with E-state index in [9.17, 15) is 13.2 Å². The van der Waals surface area contributed by atoms with Crippen LogP contribution in [-0.4, -0.2) is 31.7 Å². The van der Waals surface area contributed by atoms with Crippen LogP contribution in [0.1, 0.15) is 32.6 Å². The molecule has 1 amide bonds. The number of amides is 1. The molecule has 20 heavy (non-hydrogen) atoms. The molecule has 0 bridgehead atoms. The van der Waals surface area contributed by atoms with Crippen LogP contribution in [0.25, 0.3) is 0 Å². The molecule has 1 N–H and O–H groups in total. The van der Waals surface area contributed by atoms with Gasteiger partial charge in [0.25, 0.3) is 0 Å². The molecule has 1 aromatic rings. The standard InChI is InChI=1S/C14H20N2O3S/c1-12(17)15-13-6-8-14(9-7-13)20(18,19)16-10-4-2-3-5-11-16/h6-9H,2-5,10-11H2,1H3,(H,15,17). The van der Waals surface area contributed by atoms with Crippen molar-refractivity contribution in [1.29, 1.82) is 0 Å². The molecule has 0 atom stereocenters. The first-order valence-corrected chi connectivity index (χ1v) is 8.32. The highest BCUT2D eigenvalue weighted by atomic mass is 32.2. The van der Waals surface area contributed by atoms with Crippen molar-refractivity contribution in [2.45, 2.75) is 37.5 Å². The van der Waals surface area contributed by atoms with E-state index in [-0.39, 0.29) is 10.8 Å². The number of carbonyl (C=O) groups is 1. The summed E-state index contributed by atoms with van der Waals surface area (Å²) in [5.41, 5.74) is 0.604. The van der Waals surface area contributed by atoms with Crippen molar-refractivity contribution in [1.82, 2.24) is 4.31 Å². The van der Waals surface area contributed by atoms with Gasteiger partial charge in [0.2, 0.25) is 15.9 Å². The van der Waals surface area contributed by atoms with E-state index in [4.69, 9.17) is 0 Å². The number of anilines is 1. The minimum Gasteiger partial charge on any atom is -0.326 e. The number of hydrogen-bond acceptors (Lipinski definition) is 3. The smallest absolute Gasteiger partial charge is 0.243 e. The zero-order valence-corrected chi connectivity index (χ0v) is 12.4. The molecule has 0 saturated carbocycles. The average molecular weight is 296 g/mol. The molecule has 0 spiro atoms. The van der Waals surface area contributed by atoms with Crippen LogP contribution in [0.4, 0.5) is 5.69 Å². The van der Waals surface area contributed by atoms with Gasteiger partial charge >= 0.3 is 0 Å². The monoisotopic (exact) mass is 296 g/mol. The van der Waals surface area contributed by atoms with Gasteiger partial charge in [0.1, 0.15) is 0 Å². The zero-order chi connectivity index (χ0) is 14.6. The lowest BCUT2D eigenvalue weighted by Gasteiger charge is -2.20. The Labute approximate surface area is 120 Å². The van der Waals surface area contributed by atoms with Crippen LogP contribution in [0.15, 0.2) is 29.2 Å². The van der Waals surface area contributed by atoms with Crippen LogP contribution in [0, 0.1) is 0 Å². The number of nitrogens with zero attached hydrogens (tertiary/aromatic N) is 1. The fraction of sp³-hybridized carbons (Fsp3) is 0.500. The Morgan fingerprint density at radius 2 is 1.60 bits per heavy atom. The summed E-state index contributed by atoms with van der Waals surface area (Å²) in [6.07, 6.45) is 4.02. The summed E-state index contributed by atoms with van der Waals surface area (Å²) in [7, 11) is -3.41. The Kier molecular flexibility index (Phi) is 4.77. The highest BCUT2D eigenvalue weighted by Gasteiger charge is 2.24. The highest BCUT2D eigenvalue weighted by Crippen LogP contribution is 2.21. The normalized spacial score (nSPS) is 17.4. The van der Waals surface area contributed by atoms with Crippen LogP contribution >= 0.6 is 0 Å². The molecule has 0 unspecified atom stereocenters. The number of rotatable bonds is 3. The van der Waals surface area contributed by atoms with Crippen molar-refractivity contribution in [2.75, 3.05) is 18.4 Å². The number of nitrogens with one attached hydrogen (secondary N) is 1. The maximum absolute atomic E-state index is 12.5. The molecule has 1 saturated heterocycles. The summed E-state index contributed by atoms with van der Waals surface area (Å²) in [5, 5.41) is 2.63. The molecular weight excluding hydrogens is 276 g/mol. The third kappa shape index (κ3) is 3.58. The SMILES string of the molecule is CC(=O)Nc1ccc(S(=O)(=O)N2CCCCCC2)cc1. The topological polar surface area (TPSA) is 66.5 Å². The third-order valence-corrected chi connectivity index (χ3v) is 5.29. The van der Waals surface area contributed by atoms with Gasteiger partial charge in [-0.15, -0.1) is 0 Å². The van der Waals surface area contributed by atoms with Crippen LogP contribution in [-0.2, 0) is 14.8 Å². The van der Waals surface area contributed by atoms with Gasteiger partial charge in [-0.1, -0.05) is 12.8 Å². The molecule has 6 heteroatoms. The van der Waals surface area contributed by atoms with Crippen LogP contribution < -0.4 is 5.32 Å². The lowest BCUT2D eigenvalue weighted by atomic mass is 10.2. The molecular formula is C14H20N2O3S. The summed E-state index contributed by atoms with van der Waals surface area (Å²) in [4.78, 5) is 11.2. The number of sulfonamides is 1. The minimum absolute atomic E-state index is 0.173. The molecule has 110 valence electrons. The second-order valence-electron chi connectivity index (χ2n) is 5.02. The molecule has 1 aromatic carbocycles. The first-order chi connectivity index (χ1) is 9.50. The van der Waals surface area contributed by atoms with Crippen LogP contribution in [0.3, 0.4) is 0 Å². The summed E-state index contributed by atoms with van der Waals surface area (Å²) in [6.45, 7) is 2.60. The molecule has 0 aromatic heterocycles. The summed E-state index contributed by atoms with van der Waals surface area (Å²) in [5.74, 6) is -0.173. The van der Waals surface area contributed by atoms with Gasteiger partial charge < -0.3 is 5.32 Å². The van der Waals surface area contributed by atoms with E-state index in [0.717, 1.165) is 25.7 Å². The highest BCUT2D eigenvalue weighted by molar-refractivity contribution is 7.89. The fourth-order valence-electron chi connectivity index (χ4n) is 2.34. The van der Waals surface area contributed by atoms with E-state index in [2.05, 4.69) is 5.32 Å². The van der Waals surface area contributed by atoms with Gasteiger partial charge in [-0.25, -0.2) is 8.42 Å². The van der Waals surface area contributed by atoms with Crippen molar-refractivity contribution in [2.24, 2.45) is 0 Å². The van der Waals surface area contributed by atoms with Gasteiger partial charge in [0.05, 0.1) is 4.90 Å². The molecule has 5 nitrogen and oxygen atoms in total. The predicted molar refractivity (Wildman–Crippen MR) is 78.0 cm³/mol. The van der Waals surface area contributed by atoms with E-state index in [1.54, 1.807) is 28.6 Å². The second-order valence-corrected chi connectivity index (χ2v) is 6.96.